The topological polar surface area (TPSA) is 43.4 Å². The van der Waals surface area contributed by atoms with E-state index in [9.17, 15) is 8.42 Å². The third-order valence-corrected chi connectivity index (χ3v) is 7.46. The van der Waals surface area contributed by atoms with E-state index in [1.807, 2.05) is 12.1 Å². The molecular weight excluding hydrogens is 364 g/mol. The third kappa shape index (κ3) is 2.60. The van der Waals surface area contributed by atoms with Crippen molar-refractivity contribution in [2.45, 2.75) is 36.3 Å². The summed E-state index contributed by atoms with van der Waals surface area (Å²) in [6.07, 6.45) is 3.15. The molecule has 0 bridgehead atoms. The maximum Gasteiger partial charge on any atom is 0.154 e. The molecule has 0 radical (unpaired) electrons. The van der Waals surface area contributed by atoms with Crippen LogP contribution in [0.3, 0.4) is 0 Å². The van der Waals surface area contributed by atoms with E-state index in [4.69, 9.17) is 16.3 Å². The fraction of sp³-hybridized carbons (Fsp3) is 0.571. The Bertz CT molecular complexity index is 630. The lowest BCUT2D eigenvalue weighted by Gasteiger charge is -2.27. The van der Waals surface area contributed by atoms with Crippen LogP contribution in [0.4, 0.5) is 0 Å². The van der Waals surface area contributed by atoms with Gasteiger partial charge in [-0.25, -0.2) is 8.42 Å². The highest BCUT2D eigenvalue weighted by atomic mass is 79.9. The van der Waals surface area contributed by atoms with Crippen molar-refractivity contribution in [3.63, 3.8) is 0 Å². The zero-order valence-electron chi connectivity index (χ0n) is 10.9. The summed E-state index contributed by atoms with van der Waals surface area (Å²) >= 11 is 10.0. The lowest BCUT2D eigenvalue weighted by atomic mass is 10.0. The predicted molar refractivity (Wildman–Crippen MR) is 83.4 cm³/mol. The van der Waals surface area contributed by atoms with Crippen molar-refractivity contribution in [2.75, 3.05) is 12.4 Å². The van der Waals surface area contributed by atoms with Crippen molar-refractivity contribution >= 4 is 37.4 Å². The number of alkyl halides is 1. The highest BCUT2D eigenvalue weighted by Crippen LogP contribution is 2.43. The SMILES string of the molecule is O=S1(=O)CCCCC1C(Cl)c1cc(Br)cc2c1OCC2. The summed E-state index contributed by atoms with van der Waals surface area (Å²) in [5, 5.41) is -1.04. The zero-order chi connectivity index (χ0) is 14.3. The van der Waals surface area contributed by atoms with E-state index in [1.54, 1.807) is 0 Å². The zero-order valence-corrected chi connectivity index (χ0v) is 14.1. The van der Waals surface area contributed by atoms with Crippen molar-refractivity contribution < 1.29 is 13.2 Å². The second-order valence-corrected chi connectivity index (χ2v) is 9.11. The molecule has 0 aromatic heterocycles. The van der Waals surface area contributed by atoms with Crippen molar-refractivity contribution in [3.05, 3.63) is 27.7 Å². The van der Waals surface area contributed by atoms with E-state index in [0.29, 0.717) is 13.0 Å². The fourth-order valence-corrected chi connectivity index (χ4v) is 6.24. The highest BCUT2D eigenvalue weighted by molar-refractivity contribution is 9.10. The Balaban J connectivity index is 2.01. The van der Waals surface area contributed by atoms with Crippen LogP contribution in [0.15, 0.2) is 16.6 Å². The molecule has 1 saturated heterocycles. The van der Waals surface area contributed by atoms with Crippen molar-refractivity contribution in [2.24, 2.45) is 0 Å². The molecule has 3 rings (SSSR count). The molecule has 0 amide bonds. The van der Waals surface area contributed by atoms with Crippen LogP contribution in [0.5, 0.6) is 5.75 Å². The summed E-state index contributed by atoms with van der Waals surface area (Å²) in [4.78, 5) is 0. The number of benzene rings is 1. The molecule has 0 spiro atoms. The normalized spacial score (nSPS) is 25.8. The van der Waals surface area contributed by atoms with Gasteiger partial charge < -0.3 is 4.74 Å². The molecule has 2 aliphatic rings. The van der Waals surface area contributed by atoms with Gasteiger partial charge in [-0.2, -0.15) is 0 Å². The van der Waals surface area contributed by atoms with Crippen LogP contribution in [-0.4, -0.2) is 26.0 Å². The Morgan fingerprint density at radius 1 is 1.35 bits per heavy atom. The summed E-state index contributed by atoms with van der Waals surface area (Å²) in [6, 6.07) is 3.91. The Morgan fingerprint density at radius 3 is 2.90 bits per heavy atom. The monoisotopic (exact) mass is 378 g/mol. The van der Waals surface area contributed by atoms with Crippen LogP contribution >= 0.6 is 27.5 Å². The number of ether oxygens (including phenoxy) is 1. The molecule has 2 unspecified atom stereocenters. The van der Waals surface area contributed by atoms with E-state index in [2.05, 4.69) is 15.9 Å². The quantitative estimate of drug-likeness (QED) is 0.737. The van der Waals surface area contributed by atoms with E-state index >= 15 is 0 Å². The van der Waals surface area contributed by atoms with Crippen LogP contribution < -0.4 is 4.74 Å². The van der Waals surface area contributed by atoms with Crippen LogP contribution in [0.1, 0.15) is 35.8 Å². The Kier molecular flexibility index (Phi) is 4.04. The van der Waals surface area contributed by atoms with Gasteiger partial charge in [-0.15, -0.1) is 11.6 Å². The summed E-state index contributed by atoms with van der Waals surface area (Å²) in [7, 11) is -3.10. The average molecular weight is 380 g/mol. The lowest BCUT2D eigenvalue weighted by molar-refractivity contribution is 0.352. The first-order chi connectivity index (χ1) is 9.49. The minimum absolute atomic E-state index is 0.248. The summed E-state index contributed by atoms with van der Waals surface area (Å²) in [6.45, 7) is 0.639. The molecular formula is C14H16BrClO3S. The van der Waals surface area contributed by atoms with Gasteiger partial charge in [0.2, 0.25) is 0 Å². The average Bonchev–Trinajstić information content (AvgIpc) is 2.84. The van der Waals surface area contributed by atoms with Crippen molar-refractivity contribution in [1.29, 1.82) is 0 Å². The molecule has 1 aromatic rings. The highest BCUT2D eigenvalue weighted by Gasteiger charge is 2.37. The van der Waals surface area contributed by atoms with E-state index < -0.39 is 20.5 Å². The smallest absolute Gasteiger partial charge is 0.154 e. The minimum Gasteiger partial charge on any atom is -0.493 e. The number of halogens is 2. The molecule has 1 aromatic carbocycles. The van der Waals surface area contributed by atoms with Crippen LogP contribution in [-0.2, 0) is 16.3 Å². The van der Waals surface area contributed by atoms with E-state index in [1.165, 1.54) is 0 Å². The van der Waals surface area contributed by atoms with E-state index in [-0.39, 0.29) is 5.75 Å². The van der Waals surface area contributed by atoms with Gasteiger partial charge in [0.15, 0.2) is 9.84 Å². The molecule has 2 atom stereocenters. The first kappa shape index (κ1) is 14.7. The molecule has 0 aliphatic carbocycles. The third-order valence-electron chi connectivity index (χ3n) is 4.03. The largest absolute Gasteiger partial charge is 0.493 e. The van der Waals surface area contributed by atoms with E-state index in [0.717, 1.165) is 40.6 Å². The van der Waals surface area contributed by atoms with Crippen molar-refractivity contribution in [1.82, 2.24) is 0 Å². The summed E-state index contributed by atoms with van der Waals surface area (Å²) in [5.41, 5.74) is 1.91. The van der Waals surface area contributed by atoms with Gasteiger partial charge in [-0.1, -0.05) is 22.4 Å². The van der Waals surface area contributed by atoms with Crippen LogP contribution in [0, 0.1) is 0 Å². The maximum absolute atomic E-state index is 12.2. The second-order valence-electron chi connectivity index (χ2n) is 5.38. The molecule has 2 heterocycles. The number of rotatable bonds is 2. The maximum atomic E-state index is 12.2. The number of hydrogen-bond acceptors (Lipinski definition) is 3. The summed E-state index contributed by atoms with van der Waals surface area (Å²) in [5.74, 6) is 1.03. The molecule has 2 aliphatic heterocycles. The molecule has 20 heavy (non-hydrogen) atoms. The van der Waals surface area contributed by atoms with Crippen LogP contribution in [0.25, 0.3) is 0 Å². The van der Waals surface area contributed by atoms with Gasteiger partial charge in [0.1, 0.15) is 5.75 Å². The second kappa shape index (κ2) is 5.50. The molecule has 6 heteroatoms. The lowest BCUT2D eigenvalue weighted by Crippen LogP contribution is -2.32. The predicted octanol–water partition coefficient (Wildman–Crippen LogP) is 3.63. The van der Waals surface area contributed by atoms with Gasteiger partial charge in [0, 0.05) is 16.5 Å². The molecule has 0 saturated carbocycles. The fourth-order valence-electron chi connectivity index (χ4n) is 3.01. The Morgan fingerprint density at radius 2 is 2.15 bits per heavy atom. The van der Waals surface area contributed by atoms with Crippen molar-refractivity contribution in [3.8, 4) is 5.75 Å². The minimum atomic E-state index is -3.10. The first-order valence-electron chi connectivity index (χ1n) is 6.80. The van der Waals surface area contributed by atoms with Gasteiger partial charge in [-0.05, 0) is 30.5 Å². The Labute approximate surface area is 132 Å². The molecule has 1 fully saturated rings. The van der Waals surface area contributed by atoms with Gasteiger partial charge in [0.25, 0.3) is 0 Å². The summed E-state index contributed by atoms with van der Waals surface area (Å²) < 4.78 is 31.1. The molecule has 3 nitrogen and oxygen atoms in total. The van der Waals surface area contributed by atoms with Gasteiger partial charge >= 0.3 is 0 Å². The number of hydrogen-bond donors (Lipinski definition) is 0. The van der Waals surface area contributed by atoms with Gasteiger partial charge in [-0.3, -0.25) is 0 Å². The van der Waals surface area contributed by atoms with Gasteiger partial charge in [0.05, 0.1) is 23.0 Å². The number of fused-ring (bicyclic) bond motifs is 1. The number of sulfone groups is 1. The van der Waals surface area contributed by atoms with Crippen LogP contribution in [0.2, 0.25) is 0 Å². The Hall–Kier alpha value is -0.260. The first-order valence-corrected chi connectivity index (χ1v) is 9.74. The standard InChI is InChI=1S/C14H16BrClO3S/c15-10-7-9-4-5-19-14(9)11(8-10)13(16)12-3-1-2-6-20(12,17)18/h7-8,12-13H,1-6H2. The molecule has 0 N–H and O–H groups in total. The molecule has 110 valence electrons.